The van der Waals surface area contributed by atoms with Gasteiger partial charge < -0.3 is 5.32 Å². The molecule has 0 unspecified atom stereocenters. The molecular weight excluding hydrogens is 297 g/mol. The SMILES string of the molecule is Cc1cccc(NC(=O)c2ccc(F)cc2Br)c1. The minimum atomic E-state index is -0.381. The van der Waals surface area contributed by atoms with Gasteiger partial charge in [-0.1, -0.05) is 12.1 Å². The molecule has 0 saturated heterocycles. The molecule has 0 atom stereocenters. The Morgan fingerprint density at radius 2 is 2.00 bits per heavy atom. The Hall–Kier alpha value is -1.68. The molecule has 2 aromatic rings. The molecule has 2 rings (SSSR count). The van der Waals surface area contributed by atoms with Crippen LogP contribution < -0.4 is 5.32 Å². The number of halogens is 2. The van der Waals surface area contributed by atoms with Crippen LogP contribution in [0.2, 0.25) is 0 Å². The van der Waals surface area contributed by atoms with Crippen molar-refractivity contribution in [3.8, 4) is 0 Å². The van der Waals surface area contributed by atoms with Crippen LogP contribution in [0, 0.1) is 12.7 Å². The van der Waals surface area contributed by atoms with Crippen molar-refractivity contribution in [2.75, 3.05) is 5.32 Å². The smallest absolute Gasteiger partial charge is 0.256 e. The van der Waals surface area contributed by atoms with E-state index in [1.54, 1.807) is 0 Å². The average Bonchev–Trinajstić information content (AvgIpc) is 2.28. The summed E-state index contributed by atoms with van der Waals surface area (Å²) in [7, 11) is 0. The Morgan fingerprint density at radius 3 is 2.67 bits per heavy atom. The molecule has 18 heavy (non-hydrogen) atoms. The summed E-state index contributed by atoms with van der Waals surface area (Å²) in [6.07, 6.45) is 0. The summed E-state index contributed by atoms with van der Waals surface area (Å²) in [6, 6.07) is 11.5. The van der Waals surface area contributed by atoms with Crippen molar-refractivity contribution in [3.05, 3.63) is 63.9 Å². The average molecular weight is 308 g/mol. The van der Waals surface area contributed by atoms with Crippen LogP contribution in [0.15, 0.2) is 46.9 Å². The van der Waals surface area contributed by atoms with Crippen molar-refractivity contribution in [2.45, 2.75) is 6.92 Å². The highest BCUT2D eigenvalue weighted by Gasteiger charge is 2.10. The maximum atomic E-state index is 12.9. The van der Waals surface area contributed by atoms with Gasteiger partial charge in [-0.3, -0.25) is 4.79 Å². The molecule has 0 heterocycles. The van der Waals surface area contributed by atoms with Crippen molar-refractivity contribution in [1.29, 1.82) is 0 Å². The largest absolute Gasteiger partial charge is 0.322 e. The van der Waals surface area contributed by atoms with Gasteiger partial charge in [0.1, 0.15) is 5.82 Å². The lowest BCUT2D eigenvalue weighted by Crippen LogP contribution is -2.12. The fourth-order valence-corrected chi connectivity index (χ4v) is 2.13. The summed E-state index contributed by atoms with van der Waals surface area (Å²) in [4.78, 5) is 12.0. The number of hydrogen-bond acceptors (Lipinski definition) is 1. The predicted molar refractivity (Wildman–Crippen MR) is 73.2 cm³/mol. The summed E-state index contributed by atoms with van der Waals surface area (Å²) < 4.78 is 13.4. The van der Waals surface area contributed by atoms with E-state index in [2.05, 4.69) is 21.2 Å². The first kappa shape index (κ1) is 12.8. The lowest BCUT2D eigenvalue weighted by Gasteiger charge is -2.07. The Labute approximate surface area is 113 Å². The first-order valence-corrected chi connectivity index (χ1v) is 6.18. The van der Waals surface area contributed by atoms with Crippen molar-refractivity contribution in [3.63, 3.8) is 0 Å². The lowest BCUT2D eigenvalue weighted by molar-refractivity contribution is 0.102. The van der Waals surface area contributed by atoms with Crippen LogP contribution in [0.1, 0.15) is 15.9 Å². The van der Waals surface area contributed by atoms with Crippen molar-refractivity contribution in [1.82, 2.24) is 0 Å². The molecule has 0 aliphatic rings. The number of hydrogen-bond donors (Lipinski definition) is 1. The van der Waals surface area contributed by atoms with E-state index in [1.807, 2.05) is 31.2 Å². The Balaban J connectivity index is 2.22. The van der Waals surface area contributed by atoms with Crippen LogP contribution in [0.5, 0.6) is 0 Å². The third kappa shape index (κ3) is 2.96. The minimum absolute atomic E-state index is 0.271. The van der Waals surface area contributed by atoms with Crippen LogP contribution >= 0.6 is 15.9 Å². The van der Waals surface area contributed by atoms with Crippen molar-refractivity contribution in [2.24, 2.45) is 0 Å². The third-order valence-electron chi connectivity index (χ3n) is 2.45. The summed E-state index contributed by atoms with van der Waals surface area (Å²) in [5, 5.41) is 2.77. The van der Waals surface area contributed by atoms with Crippen LogP contribution in [0.3, 0.4) is 0 Å². The maximum Gasteiger partial charge on any atom is 0.256 e. The molecule has 2 nitrogen and oxygen atoms in total. The monoisotopic (exact) mass is 307 g/mol. The number of carbonyl (C=O) groups is 1. The van der Waals surface area contributed by atoms with E-state index in [1.165, 1.54) is 18.2 Å². The second-order valence-electron chi connectivity index (χ2n) is 3.95. The molecule has 0 aliphatic heterocycles. The Morgan fingerprint density at radius 1 is 1.22 bits per heavy atom. The Bertz CT molecular complexity index is 598. The van der Waals surface area contributed by atoms with Crippen LogP contribution in [-0.4, -0.2) is 5.91 Å². The molecule has 4 heteroatoms. The Kier molecular flexibility index (Phi) is 3.77. The number of benzene rings is 2. The summed E-state index contributed by atoms with van der Waals surface area (Å²) >= 11 is 3.17. The molecule has 0 aromatic heterocycles. The predicted octanol–water partition coefficient (Wildman–Crippen LogP) is 4.15. The first-order chi connectivity index (χ1) is 8.56. The van der Waals surface area contributed by atoms with E-state index in [0.29, 0.717) is 10.0 Å². The summed E-state index contributed by atoms with van der Waals surface area (Å²) in [5.74, 6) is -0.651. The molecule has 0 aliphatic carbocycles. The topological polar surface area (TPSA) is 29.1 Å². The van der Waals surface area contributed by atoms with E-state index in [4.69, 9.17) is 0 Å². The highest BCUT2D eigenvalue weighted by molar-refractivity contribution is 9.10. The molecule has 92 valence electrons. The van der Waals surface area contributed by atoms with Gasteiger partial charge in [-0.15, -0.1) is 0 Å². The van der Waals surface area contributed by atoms with Gasteiger partial charge in [-0.25, -0.2) is 4.39 Å². The lowest BCUT2D eigenvalue weighted by atomic mass is 10.2. The van der Waals surface area contributed by atoms with Gasteiger partial charge in [-0.2, -0.15) is 0 Å². The zero-order chi connectivity index (χ0) is 13.1. The van der Waals surface area contributed by atoms with Gasteiger partial charge in [0.25, 0.3) is 5.91 Å². The minimum Gasteiger partial charge on any atom is -0.322 e. The fraction of sp³-hybridized carbons (Fsp3) is 0.0714. The second-order valence-corrected chi connectivity index (χ2v) is 4.80. The second kappa shape index (κ2) is 5.31. The van der Waals surface area contributed by atoms with E-state index in [0.717, 1.165) is 11.3 Å². The van der Waals surface area contributed by atoms with Crippen LogP contribution in [0.4, 0.5) is 10.1 Å². The zero-order valence-electron chi connectivity index (χ0n) is 9.71. The molecule has 0 radical (unpaired) electrons. The molecule has 1 N–H and O–H groups in total. The van der Waals surface area contributed by atoms with E-state index < -0.39 is 0 Å². The quantitative estimate of drug-likeness (QED) is 0.887. The standard InChI is InChI=1S/C14H11BrFNO/c1-9-3-2-4-11(7-9)17-14(18)12-6-5-10(16)8-13(12)15/h2-8H,1H3,(H,17,18). The van der Waals surface area contributed by atoms with Gasteiger partial charge in [0.15, 0.2) is 0 Å². The maximum absolute atomic E-state index is 12.9. The first-order valence-electron chi connectivity index (χ1n) is 5.39. The summed E-state index contributed by atoms with van der Waals surface area (Å²) in [6.45, 7) is 1.95. The summed E-state index contributed by atoms with van der Waals surface area (Å²) in [5.41, 5.74) is 2.18. The number of carbonyl (C=O) groups excluding carboxylic acids is 1. The number of anilines is 1. The normalized spacial score (nSPS) is 10.2. The molecule has 0 bridgehead atoms. The van der Waals surface area contributed by atoms with Gasteiger partial charge in [-0.05, 0) is 58.7 Å². The van der Waals surface area contributed by atoms with E-state index in [9.17, 15) is 9.18 Å². The molecule has 2 aromatic carbocycles. The van der Waals surface area contributed by atoms with Crippen LogP contribution in [0.25, 0.3) is 0 Å². The molecule has 0 fully saturated rings. The van der Waals surface area contributed by atoms with E-state index in [-0.39, 0.29) is 11.7 Å². The number of rotatable bonds is 2. The highest BCUT2D eigenvalue weighted by Crippen LogP contribution is 2.19. The van der Waals surface area contributed by atoms with Crippen LogP contribution in [-0.2, 0) is 0 Å². The van der Waals surface area contributed by atoms with Gasteiger partial charge in [0.05, 0.1) is 5.56 Å². The molecule has 0 spiro atoms. The van der Waals surface area contributed by atoms with Crippen molar-refractivity contribution >= 4 is 27.5 Å². The molecule has 0 saturated carbocycles. The fourth-order valence-electron chi connectivity index (χ4n) is 1.59. The zero-order valence-corrected chi connectivity index (χ0v) is 11.3. The highest BCUT2D eigenvalue weighted by atomic mass is 79.9. The number of nitrogens with one attached hydrogen (secondary N) is 1. The van der Waals surface area contributed by atoms with Gasteiger partial charge in [0, 0.05) is 10.2 Å². The van der Waals surface area contributed by atoms with E-state index >= 15 is 0 Å². The van der Waals surface area contributed by atoms with Gasteiger partial charge in [0.2, 0.25) is 0 Å². The van der Waals surface area contributed by atoms with Crippen molar-refractivity contribution < 1.29 is 9.18 Å². The molecule has 1 amide bonds. The number of aryl methyl sites for hydroxylation is 1. The number of amides is 1. The molecular formula is C14H11BrFNO. The third-order valence-corrected chi connectivity index (χ3v) is 3.11. The van der Waals surface area contributed by atoms with Gasteiger partial charge >= 0.3 is 0 Å².